The summed E-state index contributed by atoms with van der Waals surface area (Å²) in [5, 5.41) is 4.23. The molecule has 0 saturated carbocycles. The van der Waals surface area contributed by atoms with Crippen LogP contribution < -0.4 is 5.32 Å². The van der Waals surface area contributed by atoms with Crippen LogP contribution in [0.4, 0.5) is 11.4 Å². The Morgan fingerprint density at radius 2 is 1.76 bits per heavy atom. The monoisotopic (exact) mass is 435 g/mol. The van der Waals surface area contributed by atoms with Gasteiger partial charge in [0.15, 0.2) is 23.0 Å². The van der Waals surface area contributed by atoms with Crippen molar-refractivity contribution in [2.24, 2.45) is 0 Å². The Balaban J connectivity index is 2.39. The fraction of sp³-hybridized carbons (Fsp3) is 0.133. The highest BCUT2D eigenvalue weighted by molar-refractivity contribution is 14.1. The number of hydrogen-bond acceptors (Lipinski definition) is 3. The van der Waals surface area contributed by atoms with Crippen molar-refractivity contribution < 1.29 is 7.86 Å². The van der Waals surface area contributed by atoms with Gasteiger partial charge >= 0.3 is 5.97 Å². The largest absolute Gasteiger partial charge is 0.394 e. The average Bonchev–Trinajstić information content (AvgIpc) is 2.50. The molecule has 0 fully saturated rings. The van der Waals surface area contributed by atoms with Gasteiger partial charge in [0.25, 0.3) is 0 Å². The van der Waals surface area contributed by atoms with Crippen LogP contribution in [-0.2, 0) is 7.86 Å². The maximum absolute atomic E-state index is 11.7. The lowest BCUT2D eigenvalue weighted by molar-refractivity contribution is -0.132. The van der Waals surface area contributed by atoms with Gasteiger partial charge in [-0.15, -0.1) is 0 Å². The van der Waals surface area contributed by atoms with Crippen LogP contribution >= 0.6 is 46.2 Å². The number of carbonyl (C=O) groups excluding carboxylic acids is 1. The van der Waals surface area contributed by atoms with Gasteiger partial charge in [0.2, 0.25) is 0 Å². The SMILES string of the molecule is CC(C(=O)OI)c1ccccc1Nc1c(Cl)cccc1Cl. The molecule has 21 heavy (non-hydrogen) atoms. The minimum atomic E-state index is -0.396. The molecule has 0 radical (unpaired) electrons. The van der Waals surface area contributed by atoms with E-state index in [0.29, 0.717) is 15.7 Å². The summed E-state index contributed by atoms with van der Waals surface area (Å²) in [6.45, 7) is 1.79. The number of hydrogen-bond donors (Lipinski definition) is 1. The van der Waals surface area contributed by atoms with Gasteiger partial charge in [-0.05, 0) is 30.7 Å². The molecular weight excluding hydrogens is 424 g/mol. The van der Waals surface area contributed by atoms with Crippen LogP contribution in [0.2, 0.25) is 10.0 Å². The van der Waals surface area contributed by atoms with Crippen LogP contribution in [0.25, 0.3) is 0 Å². The lowest BCUT2D eigenvalue weighted by Crippen LogP contribution is -2.10. The highest BCUT2D eigenvalue weighted by atomic mass is 127. The van der Waals surface area contributed by atoms with Gasteiger partial charge in [0.05, 0.1) is 21.7 Å². The summed E-state index contributed by atoms with van der Waals surface area (Å²) in [5.41, 5.74) is 2.19. The first-order valence-electron chi connectivity index (χ1n) is 6.17. The molecule has 2 aromatic rings. The van der Waals surface area contributed by atoms with Crippen LogP contribution in [-0.4, -0.2) is 5.97 Å². The molecule has 1 atom stereocenters. The van der Waals surface area contributed by atoms with E-state index >= 15 is 0 Å². The molecule has 0 aromatic heterocycles. The molecule has 2 rings (SSSR count). The number of rotatable bonds is 4. The summed E-state index contributed by atoms with van der Waals surface area (Å²) < 4.78 is 4.77. The molecule has 1 unspecified atom stereocenters. The first-order chi connectivity index (χ1) is 10.0. The van der Waals surface area contributed by atoms with Gasteiger partial charge in [-0.25, -0.2) is 0 Å². The Hall–Kier alpha value is -0.980. The lowest BCUT2D eigenvalue weighted by Gasteiger charge is -2.17. The van der Waals surface area contributed by atoms with E-state index in [9.17, 15) is 4.79 Å². The van der Waals surface area contributed by atoms with Crippen molar-refractivity contribution in [1.82, 2.24) is 0 Å². The molecule has 0 aliphatic carbocycles. The van der Waals surface area contributed by atoms with Crippen molar-refractivity contribution in [1.29, 1.82) is 0 Å². The van der Waals surface area contributed by atoms with Crippen molar-refractivity contribution in [3.8, 4) is 0 Å². The minimum Gasteiger partial charge on any atom is -0.394 e. The standard InChI is InChI=1S/C15H12Cl2INO2/c1-9(15(20)21-18)10-5-2-3-8-13(10)19-14-11(16)6-4-7-12(14)17/h2-9,19H,1H3. The van der Waals surface area contributed by atoms with E-state index in [0.717, 1.165) is 11.3 Å². The molecule has 6 heteroatoms. The van der Waals surface area contributed by atoms with E-state index in [4.69, 9.17) is 26.3 Å². The van der Waals surface area contributed by atoms with Gasteiger partial charge in [-0.1, -0.05) is 47.5 Å². The number of carbonyl (C=O) groups is 1. The average molecular weight is 436 g/mol. The summed E-state index contributed by atoms with van der Waals surface area (Å²) >= 11 is 13.9. The van der Waals surface area contributed by atoms with Crippen LogP contribution in [0.5, 0.6) is 0 Å². The van der Waals surface area contributed by atoms with E-state index in [1.54, 1.807) is 48.1 Å². The predicted molar refractivity (Wildman–Crippen MR) is 94.7 cm³/mol. The molecule has 0 amide bonds. The Morgan fingerprint density at radius 3 is 2.38 bits per heavy atom. The zero-order valence-corrected chi connectivity index (χ0v) is 14.7. The minimum absolute atomic E-state index is 0.310. The van der Waals surface area contributed by atoms with E-state index < -0.39 is 5.92 Å². The van der Waals surface area contributed by atoms with Gasteiger partial charge in [0, 0.05) is 5.69 Å². The third kappa shape index (κ3) is 3.81. The first-order valence-corrected chi connectivity index (χ1v) is 7.80. The molecular formula is C15H12Cl2INO2. The van der Waals surface area contributed by atoms with Crippen LogP contribution in [0.1, 0.15) is 18.4 Å². The summed E-state index contributed by atoms with van der Waals surface area (Å²) in [7, 11) is 0. The van der Waals surface area contributed by atoms with Crippen LogP contribution in [0.15, 0.2) is 42.5 Å². The maximum atomic E-state index is 11.7. The summed E-state index contributed by atoms with van der Waals surface area (Å²) in [4.78, 5) is 11.7. The third-order valence-corrected chi connectivity index (χ3v) is 4.14. The molecule has 110 valence electrons. The van der Waals surface area contributed by atoms with Crippen LogP contribution in [0, 0.1) is 0 Å². The van der Waals surface area contributed by atoms with Crippen molar-refractivity contribution in [3.05, 3.63) is 58.1 Å². The fourth-order valence-corrected chi connectivity index (χ4v) is 2.81. The van der Waals surface area contributed by atoms with E-state index in [2.05, 4.69) is 5.32 Å². The molecule has 2 aromatic carbocycles. The van der Waals surface area contributed by atoms with Gasteiger partial charge in [-0.2, -0.15) is 0 Å². The van der Waals surface area contributed by atoms with Crippen molar-refractivity contribution in [2.75, 3.05) is 5.32 Å². The molecule has 0 saturated heterocycles. The summed E-state index contributed by atoms with van der Waals surface area (Å²) in [5.74, 6) is -0.707. The second-order valence-corrected chi connectivity index (χ2v) is 5.68. The number of benzene rings is 2. The van der Waals surface area contributed by atoms with Gasteiger partial charge in [-0.3, -0.25) is 4.79 Å². The molecule has 0 spiro atoms. The van der Waals surface area contributed by atoms with Gasteiger partial charge < -0.3 is 8.38 Å². The Kier molecular flexibility index (Phi) is 5.72. The topological polar surface area (TPSA) is 38.3 Å². The zero-order chi connectivity index (χ0) is 15.4. The predicted octanol–water partition coefficient (Wildman–Crippen LogP) is 5.73. The highest BCUT2D eigenvalue weighted by Gasteiger charge is 2.20. The molecule has 0 heterocycles. The van der Waals surface area contributed by atoms with Crippen molar-refractivity contribution >= 4 is 63.6 Å². The number of halogens is 3. The summed E-state index contributed by atoms with van der Waals surface area (Å²) in [6.07, 6.45) is 0. The van der Waals surface area contributed by atoms with E-state index in [-0.39, 0.29) is 5.97 Å². The second kappa shape index (κ2) is 7.33. The third-order valence-electron chi connectivity index (χ3n) is 3.08. The fourth-order valence-electron chi connectivity index (χ4n) is 1.93. The number of nitrogens with one attached hydrogen (secondary N) is 1. The molecule has 3 nitrogen and oxygen atoms in total. The Bertz CT molecular complexity index is 644. The molecule has 0 aliphatic rings. The quantitative estimate of drug-likeness (QED) is 0.623. The molecule has 0 bridgehead atoms. The van der Waals surface area contributed by atoms with E-state index in [1.807, 2.05) is 24.3 Å². The zero-order valence-electron chi connectivity index (χ0n) is 11.1. The summed E-state index contributed by atoms with van der Waals surface area (Å²) in [6, 6.07) is 12.8. The maximum Gasteiger partial charge on any atom is 0.322 e. The highest BCUT2D eigenvalue weighted by Crippen LogP contribution is 2.35. The van der Waals surface area contributed by atoms with Crippen molar-refractivity contribution in [3.63, 3.8) is 0 Å². The number of anilines is 2. The van der Waals surface area contributed by atoms with Crippen LogP contribution in [0.3, 0.4) is 0 Å². The Labute approximate surface area is 147 Å². The second-order valence-electron chi connectivity index (χ2n) is 4.43. The molecule has 0 aliphatic heterocycles. The number of para-hydroxylation sites is 2. The lowest BCUT2D eigenvalue weighted by atomic mass is 9.99. The molecule has 1 N–H and O–H groups in total. The van der Waals surface area contributed by atoms with Crippen molar-refractivity contribution in [2.45, 2.75) is 12.8 Å². The normalized spacial score (nSPS) is 11.8. The smallest absolute Gasteiger partial charge is 0.322 e. The first kappa shape index (κ1) is 16.4. The van der Waals surface area contributed by atoms with Gasteiger partial charge in [0.1, 0.15) is 0 Å². The van der Waals surface area contributed by atoms with E-state index in [1.165, 1.54) is 0 Å². The Morgan fingerprint density at radius 1 is 1.14 bits per heavy atom.